The van der Waals surface area contributed by atoms with Crippen molar-refractivity contribution in [1.82, 2.24) is 15.2 Å². The zero-order valence-corrected chi connectivity index (χ0v) is 16.3. The van der Waals surface area contributed by atoms with Gasteiger partial charge in [-0.25, -0.2) is 13.6 Å². The van der Waals surface area contributed by atoms with Crippen molar-refractivity contribution in [2.24, 2.45) is 0 Å². The van der Waals surface area contributed by atoms with Crippen LogP contribution in [0.3, 0.4) is 0 Å². The first-order valence-corrected chi connectivity index (χ1v) is 9.31. The highest BCUT2D eigenvalue weighted by atomic mass is 19.1. The van der Waals surface area contributed by atoms with E-state index >= 15 is 0 Å². The molecule has 9 heteroatoms. The number of halogens is 2. The van der Waals surface area contributed by atoms with Crippen LogP contribution in [0.5, 0.6) is 11.5 Å². The van der Waals surface area contributed by atoms with Gasteiger partial charge in [0.05, 0.1) is 6.54 Å². The summed E-state index contributed by atoms with van der Waals surface area (Å²) in [6.45, 7) is 1.39. The molecule has 0 aliphatic carbocycles. The maximum Gasteiger partial charge on any atom is 0.322 e. The second-order valence-corrected chi connectivity index (χ2v) is 7.14. The Morgan fingerprint density at radius 2 is 1.77 bits per heavy atom. The second-order valence-electron chi connectivity index (χ2n) is 7.14. The Morgan fingerprint density at radius 1 is 1.03 bits per heavy atom. The van der Waals surface area contributed by atoms with E-state index in [1.807, 2.05) is 0 Å². The number of urea groups is 1. The molecule has 1 fully saturated rings. The first kappa shape index (κ1) is 20.3. The molecule has 0 saturated carbocycles. The fourth-order valence-corrected chi connectivity index (χ4v) is 3.41. The topological polar surface area (TPSA) is 89.4 Å². The third kappa shape index (κ3) is 3.77. The van der Waals surface area contributed by atoms with E-state index in [0.29, 0.717) is 5.56 Å². The van der Waals surface area contributed by atoms with Gasteiger partial charge in [0.2, 0.25) is 0 Å². The maximum atomic E-state index is 14.8. The van der Waals surface area contributed by atoms with Gasteiger partial charge in [-0.1, -0.05) is 12.1 Å². The van der Waals surface area contributed by atoms with Crippen LogP contribution in [0.1, 0.15) is 11.1 Å². The lowest BCUT2D eigenvalue weighted by molar-refractivity contribution is -0.124. The van der Waals surface area contributed by atoms with E-state index in [0.717, 1.165) is 6.07 Å². The molecule has 0 radical (unpaired) electrons. The summed E-state index contributed by atoms with van der Waals surface area (Å²) in [7, 11) is 0. The summed E-state index contributed by atoms with van der Waals surface area (Å²) < 4.78 is 34.6. The average Bonchev–Trinajstić information content (AvgIpc) is 3.02. The highest BCUT2D eigenvalue weighted by Crippen LogP contribution is 2.32. The summed E-state index contributed by atoms with van der Waals surface area (Å²) in [5, 5.41) is 4.67. The van der Waals surface area contributed by atoms with Crippen LogP contribution in [-0.2, 0) is 16.9 Å². The van der Waals surface area contributed by atoms with Crippen LogP contribution in [0.25, 0.3) is 0 Å². The Bertz CT molecular complexity index is 1240. The molecular weight excluding hydrogens is 408 g/mol. The van der Waals surface area contributed by atoms with Gasteiger partial charge in [0.25, 0.3) is 11.5 Å². The SMILES string of the molecule is Cc1cccn(CC2(c3ccc(Oc4ccc(F)cc4)c(F)c3)NC(=O)NC2=O)c1=O. The fourth-order valence-electron chi connectivity index (χ4n) is 3.41. The van der Waals surface area contributed by atoms with Gasteiger partial charge in [0.1, 0.15) is 11.6 Å². The zero-order chi connectivity index (χ0) is 22.2. The predicted molar refractivity (Wildman–Crippen MR) is 107 cm³/mol. The molecule has 1 aromatic heterocycles. The lowest BCUT2D eigenvalue weighted by Crippen LogP contribution is -2.49. The minimum absolute atomic E-state index is 0.133. The number of hydrogen-bond donors (Lipinski definition) is 2. The molecule has 1 saturated heterocycles. The molecule has 31 heavy (non-hydrogen) atoms. The largest absolute Gasteiger partial charge is 0.454 e. The number of carbonyl (C=O) groups excluding carboxylic acids is 2. The number of imide groups is 1. The van der Waals surface area contributed by atoms with Crippen LogP contribution in [-0.4, -0.2) is 16.5 Å². The number of aryl methyl sites for hydroxylation is 1. The van der Waals surface area contributed by atoms with Gasteiger partial charge in [0, 0.05) is 11.8 Å². The molecule has 1 atom stereocenters. The van der Waals surface area contributed by atoms with Gasteiger partial charge in [-0.05, 0) is 55.0 Å². The number of amides is 3. The van der Waals surface area contributed by atoms with Gasteiger partial charge in [-0.3, -0.25) is 14.9 Å². The molecular formula is C22H17F2N3O4. The first-order chi connectivity index (χ1) is 14.8. The second kappa shape index (κ2) is 7.67. The molecule has 1 aliphatic rings. The smallest absolute Gasteiger partial charge is 0.322 e. The molecule has 7 nitrogen and oxygen atoms in total. The third-order valence-electron chi connectivity index (χ3n) is 5.03. The van der Waals surface area contributed by atoms with Crippen LogP contribution in [0.4, 0.5) is 13.6 Å². The number of aromatic nitrogens is 1. The van der Waals surface area contributed by atoms with Crippen molar-refractivity contribution in [3.8, 4) is 11.5 Å². The Morgan fingerprint density at radius 3 is 2.42 bits per heavy atom. The van der Waals surface area contributed by atoms with Crippen LogP contribution < -0.4 is 20.9 Å². The van der Waals surface area contributed by atoms with Crippen molar-refractivity contribution in [3.05, 3.63) is 93.9 Å². The fraction of sp³-hybridized carbons (Fsp3) is 0.136. The normalized spacial score (nSPS) is 17.9. The average molecular weight is 425 g/mol. The minimum Gasteiger partial charge on any atom is -0.454 e. The van der Waals surface area contributed by atoms with Crippen molar-refractivity contribution in [2.45, 2.75) is 19.0 Å². The van der Waals surface area contributed by atoms with Crippen molar-refractivity contribution < 1.29 is 23.1 Å². The molecule has 0 bridgehead atoms. The number of ether oxygens (including phenoxy) is 1. The molecule has 158 valence electrons. The van der Waals surface area contributed by atoms with Crippen molar-refractivity contribution in [2.75, 3.05) is 0 Å². The van der Waals surface area contributed by atoms with Gasteiger partial charge < -0.3 is 14.6 Å². The van der Waals surface area contributed by atoms with Crippen molar-refractivity contribution in [3.63, 3.8) is 0 Å². The highest BCUT2D eigenvalue weighted by Gasteiger charge is 2.48. The molecule has 3 amide bonds. The van der Waals surface area contributed by atoms with Crippen LogP contribution >= 0.6 is 0 Å². The molecule has 2 heterocycles. The highest BCUT2D eigenvalue weighted by molar-refractivity contribution is 6.07. The lowest BCUT2D eigenvalue weighted by atomic mass is 9.89. The van der Waals surface area contributed by atoms with Gasteiger partial charge >= 0.3 is 6.03 Å². The standard InChI is InChI=1S/C22H17F2N3O4/c1-13-3-2-10-27(19(13)28)12-22(20(29)25-21(30)26-22)14-4-9-18(17(24)11-14)31-16-7-5-15(23)6-8-16/h2-11H,12H2,1H3,(H2,25,26,29,30). The Hall–Kier alpha value is -4.01. The van der Waals surface area contributed by atoms with E-state index in [4.69, 9.17) is 4.74 Å². The maximum absolute atomic E-state index is 14.8. The Labute approximate surface area is 175 Å². The van der Waals surface area contributed by atoms with Crippen molar-refractivity contribution >= 4 is 11.9 Å². The molecule has 1 aliphatic heterocycles. The van der Waals surface area contributed by atoms with E-state index < -0.39 is 29.1 Å². The summed E-state index contributed by atoms with van der Waals surface area (Å²) >= 11 is 0. The van der Waals surface area contributed by atoms with Crippen LogP contribution in [0, 0.1) is 18.6 Å². The number of nitrogens with zero attached hydrogens (tertiary/aromatic N) is 1. The van der Waals surface area contributed by atoms with Gasteiger partial charge in [0.15, 0.2) is 17.1 Å². The molecule has 2 aromatic carbocycles. The molecule has 4 rings (SSSR count). The van der Waals surface area contributed by atoms with Crippen molar-refractivity contribution in [1.29, 1.82) is 0 Å². The number of rotatable bonds is 5. The number of hydrogen-bond acceptors (Lipinski definition) is 4. The van der Waals surface area contributed by atoms with E-state index in [1.165, 1.54) is 47.2 Å². The van der Waals surface area contributed by atoms with Gasteiger partial charge in [-0.15, -0.1) is 0 Å². The van der Waals surface area contributed by atoms with Crippen LogP contribution in [0.2, 0.25) is 0 Å². The number of pyridine rings is 1. The van der Waals surface area contributed by atoms with E-state index in [-0.39, 0.29) is 29.2 Å². The first-order valence-electron chi connectivity index (χ1n) is 9.31. The molecule has 3 aromatic rings. The van der Waals surface area contributed by atoms with Gasteiger partial charge in [-0.2, -0.15) is 0 Å². The van der Waals surface area contributed by atoms with E-state index in [9.17, 15) is 23.2 Å². The zero-order valence-electron chi connectivity index (χ0n) is 16.3. The number of nitrogens with one attached hydrogen (secondary N) is 2. The minimum atomic E-state index is -1.69. The Balaban J connectivity index is 1.72. The summed E-state index contributed by atoms with van der Waals surface area (Å²) in [5.74, 6) is -1.90. The lowest BCUT2D eigenvalue weighted by Gasteiger charge is -2.27. The van der Waals surface area contributed by atoms with E-state index in [1.54, 1.807) is 19.1 Å². The third-order valence-corrected chi connectivity index (χ3v) is 5.03. The van der Waals surface area contributed by atoms with Crippen LogP contribution in [0.15, 0.2) is 65.6 Å². The summed E-state index contributed by atoms with van der Waals surface area (Å²) in [4.78, 5) is 37.1. The number of benzene rings is 2. The van der Waals surface area contributed by atoms with E-state index in [2.05, 4.69) is 10.6 Å². The Kier molecular flexibility index (Phi) is 5.02. The predicted octanol–water partition coefficient (Wildman–Crippen LogP) is 2.96. The molecule has 0 spiro atoms. The summed E-state index contributed by atoms with van der Waals surface area (Å²) in [6.07, 6.45) is 1.48. The monoisotopic (exact) mass is 425 g/mol. The molecule has 1 unspecified atom stereocenters. The number of carbonyl (C=O) groups is 2. The molecule has 2 N–H and O–H groups in total. The quantitative estimate of drug-likeness (QED) is 0.615. The summed E-state index contributed by atoms with van der Waals surface area (Å²) in [6, 6.07) is 11.3. The summed E-state index contributed by atoms with van der Waals surface area (Å²) in [5.41, 5.74) is -1.44.